The second kappa shape index (κ2) is 13.5. The summed E-state index contributed by atoms with van der Waals surface area (Å²) in [5.41, 5.74) is 2.69. The molecule has 0 spiro atoms. The largest absolute Gasteiger partial charge is 0.480 e. The van der Waals surface area contributed by atoms with Crippen LogP contribution >= 0.6 is 11.3 Å². The van der Waals surface area contributed by atoms with Gasteiger partial charge in [0, 0.05) is 62.5 Å². The Kier molecular flexibility index (Phi) is 9.20. The Morgan fingerprint density at radius 2 is 1.78 bits per heavy atom. The van der Waals surface area contributed by atoms with Crippen LogP contribution < -0.4 is 19.9 Å². The highest BCUT2D eigenvalue weighted by Gasteiger charge is 2.31. The number of ether oxygens (including phenoxy) is 2. The summed E-state index contributed by atoms with van der Waals surface area (Å²) < 4.78 is 25.2. The summed E-state index contributed by atoms with van der Waals surface area (Å²) in [6, 6.07) is 10.2. The number of methoxy groups -OCH3 is 1. The number of hydrogen-bond donors (Lipinski definition) is 1. The number of halogens is 1. The lowest BCUT2D eigenvalue weighted by molar-refractivity contribution is 0.0206. The van der Waals surface area contributed by atoms with Crippen LogP contribution in [-0.2, 0) is 4.74 Å². The molecule has 0 saturated carbocycles. The Hall–Kier alpha value is -4.52. The van der Waals surface area contributed by atoms with Gasteiger partial charge in [-0.2, -0.15) is 9.97 Å². The van der Waals surface area contributed by atoms with Gasteiger partial charge in [0.1, 0.15) is 27.8 Å². The maximum atomic E-state index is 13.6. The van der Waals surface area contributed by atoms with Gasteiger partial charge in [0.05, 0.1) is 24.7 Å². The minimum absolute atomic E-state index is 0.0774. The van der Waals surface area contributed by atoms with Crippen LogP contribution in [-0.4, -0.2) is 89.0 Å². The number of nitrogens with one attached hydrogen (secondary N) is 1. The van der Waals surface area contributed by atoms with Crippen LogP contribution in [0.25, 0.3) is 21.8 Å². The van der Waals surface area contributed by atoms with E-state index in [0.29, 0.717) is 41.3 Å². The second-order valence-corrected chi connectivity index (χ2v) is 13.3. The third kappa shape index (κ3) is 7.30. The Bertz CT molecular complexity index is 1640. The van der Waals surface area contributed by atoms with Gasteiger partial charge in [-0.15, -0.1) is 11.3 Å². The summed E-state index contributed by atoms with van der Waals surface area (Å²) in [5.74, 6) is 1.25. The number of thiazole rings is 1. The first-order valence-electron chi connectivity index (χ1n) is 15.5. The number of pyridine rings is 1. The number of piperidine rings is 1. The maximum Gasteiger partial charge on any atom is 0.410 e. The third-order valence-corrected chi connectivity index (χ3v) is 8.76. The number of amides is 1. The standard InChI is InChI=1S/C33H39FN8O3S/c1-33(2,3)45-32(43)42-14-6-7-24(20-42)36-28-27(30-37-26(21-46-30)22-9-11-23(34)12-10-22)29(44-4)39-31(38-28)41-17-15-40(16-18-41)25-8-5-13-35-19-25/h5,8-13,19,21,24H,6-7,14-18,20H2,1-4H3,(H,36,38,39)/t24-/m1/s1. The monoisotopic (exact) mass is 646 g/mol. The summed E-state index contributed by atoms with van der Waals surface area (Å²) in [5, 5.41) is 6.24. The van der Waals surface area contributed by atoms with Crippen LogP contribution in [0.2, 0.25) is 0 Å². The van der Waals surface area contributed by atoms with Crippen molar-refractivity contribution in [1.82, 2.24) is 24.8 Å². The van der Waals surface area contributed by atoms with E-state index >= 15 is 0 Å². The number of carbonyl (C=O) groups is 1. The summed E-state index contributed by atoms with van der Waals surface area (Å²) in [6.07, 6.45) is 5.01. The fraction of sp³-hybridized carbons (Fsp3) is 0.424. The van der Waals surface area contributed by atoms with E-state index in [2.05, 4.69) is 26.2 Å². The van der Waals surface area contributed by atoms with E-state index in [0.717, 1.165) is 56.0 Å². The van der Waals surface area contributed by atoms with E-state index in [9.17, 15) is 9.18 Å². The summed E-state index contributed by atoms with van der Waals surface area (Å²) in [4.78, 5) is 38.2. The Labute approximate surface area is 272 Å². The molecule has 11 nitrogen and oxygen atoms in total. The van der Waals surface area contributed by atoms with E-state index in [1.54, 1.807) is 30.3 Å². The van der Waals surface area contributed by atoms with Crippen molar-refractivity contribution < 1.29 is 18.7 Å². The van der Waals surface area contributed by atoms with Crippen LogP contribution in [0.15, 0.2) is 54.2 Å². The molecule has 0 bridgehead atoms. The highest BCUT2D eigenvalue weighted by Crippen LogP contribution is 2.40. The molecule has 46 heavy (non-hydrogen) atoms. The van der Waals surface area contributed by atoms with Gasteiger partial charge in [0.15, 0.2) is 0 Å². The molecule has 2 saturated heterocycles. The SMILES string of the molecule is COc1nc(N2CCN(c3cccnc3)CC2)nc(N[C@@H]2CCCN(C(=O)OC(C)(C)C)C2)c1-c1nc(-c2ccc(F)cc2)cs1. The molecule has 13 heteroatoms. The minimum Gasteiger partial charge on any atom is -0.480 e. The Morgan fingerprint density at radius 3 is 2.48 bits per heavy atom. The summed E-state index contributed by atoms with van der Waals surface area (Å²) in [7, 11) is 1.60. The van der Waals surface area contributed by atoms with Crippen molar-refractivity contribution in [3.63, 3.8) is 0 Å². The molecule has 5 heterocycles. The molecular weight excluding hydrogens is 607 g/mol. The lowest BCUT2D eigenvalue weighted by Crippen LogP contribution is -2.48. The predicted octanol–water partition coefficient (Wildman–Crippen LogP) is 5.95. The number of carbonyl (C=O) groups excluding carboxylic acids is 1. The smallest absolute Gasteiger partial charge is 0.410 e. The van der Waals surface area contributed by atoms with E-state index in [1.807, 2.05) is 38.4 Å². The van der Waals surface area contributed by atoms with Gasteiger partial charge in [-0.1, -0.05) is 0 Å². The van der Waals surface area contributed by atoms with Crippen LogP contribution in [0.3, 0.4) is 0 Å². The predicted molar refractivity (Wildman–Crippen MR) is 178 cm³/mol. The number of rotatable bonds is 7. The van der Waals surface area contributed by atoms with E-state index < -0.39 is 5.60 Å². The normalized spacial score (nSPS) is 17.2. The van der Waals surface area contributed by atoms with Crippen molar-refractivity contribution >= 4 is 34.9 Å². The Balaban J connectivity index is 1.31. The number of aromatic nitrogens is 4. The van der Waals surface area contributed by atoms with E-state index in [1.165, 1.54) is 23.5 Å². The molecule has 2 fully saturated rings. The van der Waals surface area contributed by atoms with Gasteiger partial charge in [-0.05, 0) is 70.0 Å². The van der Waals surface area contributed by atoms with Crippen molar-refractivity contribution in [2.45, 2.75) is 45.3 Å². The lowest BCUT2D eigenvalue weighted by Gasteiger charge is -2.37. The van der Waals surface area contributed by atoms with Crippen molar-refractivity contribution in [3.05, 3.63) is 60.0 Å². The topological polar surface area (TPSA) is 109 Å². The third-order valence-electron chi connectivity index (χ3n) is 7.90. The van der Waals surface area contributed by atoms with Gasteiger partial charge in [0.25, 0.3) is 0 Å². The highest BCUT2D eigenvalue weighted by atomic mass is 32.1. The first-order valence-corrected chi connectivity index (χ1v) is 16.4. The quantitative estimate of drug-likeness (QED) is 0.259. The molecule has 0 radical (unpaired) electrons. The molecule has 2 aliphatic heterocycles. The van der Waals surface area contributed by atoms with Gasteiger partial charge >= 0.3 is 6.09 Å². The second-order valence-electron chi connectivity index (χ2n) is 12.4. The van der Waals surface area contributed by atoms with Crippen LogP contribution in [0.4, 0.5) is 26.6 Å². The molecule has 6 rings (SSSR count). The minimum atomic E-state index is -0.576. The van der Waals surface area contributed by atoms with Crippen molar-refractivity contribution in [1.29, 1.82) is 0 Å². The first-order chi connectivity index (χ1) is 22.2. The van der Waals surface area contributed by atoms with Crippen molar-refractivity contribution in [2.75, 3.05) is 61.5 Å². The number of hydrogen-bond acceptors (Lipinski definition) is 11. The van der Waals surface area contributed by atoms with Crippen LogP contribution in [0.1, 0.15) is 33.6 Å². The average Bonchev–Trinajstić information content (AvgIpc) is 3.54. The number of piperazine rings is 1. The molecule has 1 aromatic carbocycles. The zero-order valence-electron chi connectivity index (χ0n) is 26.6. The number of benzene rings is 1. The molecule has 1 atom stereocenters. The van der Waals surface area contributed by atoms with Gasteiger partial charge in [-0.25, -0.2) is 14.2 Å². The van der Waals surface area contributed by atoms with Crippen LogP contribution in [0, 0.1) is 5.82 Å². The maximum absolute atomic E-state index is 13.6. The molecular formula is C33H39FN8O3S. The fourth-order valence-corrected chi connectivity index (χ4v) is 6.51. The van der Waals surface area contributed by atoms with Crippen molar-refractivity contribution in [3.8, 4) is 27.7 Å². The van der Waals surface area contributed by atoms with Gasteiger partial charge in [0.2, 0.25) is 11.8 Å². The van der Waals surface area contributed by atoms with Crippen molar-refractivity contribution in [2.24, 2.45) is 0 Å². The number of nitrogens with zero attached hydrogens (tertiary/aromatic N) is 7. The highest BCUT2D eigenvalue weighted by molar-refractivity contribution is 7.13. The molecule has 4 aromatic rings. The molecule has 242 valence electrons. The van der Waals surface area contributed by atoms with Gasteiger partial charge < -0.3 is 29.5 Å². The summed E-state index contributed by atoms with van der Waals surface area (Å²) >= 11 is 1.44. The average molecular weight is 647 g/mol. The first kappa shape index (κ1) is 31.5. The molecule has 1 amide bonds. The van der Waals surface area contributed by atoms with Gasteiger partial charge in [-0.3, -0.25) is 4.98 Å². The van der Waals surface area contributed by atoms with E-state index in [-0.39, 0.29) is 18.0 Å². The number of anilines is 3. The lowest BCUT2D eigenvalue weighted by atomic mass is 10.1. The van der Waals surface area contributed by atoms with E-state index in [4.69, 9.17) is 24.4 Å². The number of likely N-dealkylation sites (tertiary alicyclic amines) is 1. The Morgan fingerprint density at radius 1 is 1.02 bits per heavy atom. The molecule has 3 aromatic heterocycles. The fourth-order valence-electron chi connectivity index (χ4n) is 5.64. The molecule has 0 aliphatic carbocycles. The zero-order chi connectivity index (χ0) is 32.3. The summed E-state index contributed by atoms with van der Waals surface area (Å²) in [6.45, 7) is 9.75. The molecule has 0 unspecified atom stereocenters. The zero-order valence-corrected chi connectivity index (χ0v) is 27.4. The molecule has 1 N–H and O–H groups in total. The van der Waals surface area contributed by atoms with Crippen LogP contribution in [0.5, 0.6) is 5.88 Å². The molecule has 2 aliphatic rings.